The lowest BCUT2D eigenvalue weighted by Crippen LogP contribution is -2.29. The minimum atomic E-state index is 0.00429. The van der Waals surface area contributed by atoms with Crippen molar-refractivity contribution in [1.82, 2.24) is 0 Å². The highest BCUT2D eigenvalue weighted by Gasteiger charge is 2.46. The molecule has 0 spiro atoms. The summed E-state index contributed by atoms with van der Waals surface area (Å²) in [7, 11) is 0. The molecule has 0 radical (unpaired) electrons. The summed E-state index contributed by atoms with van der Waals surface area (Å²) in [5.41, 5.74) is 17.3. The summed E-state index contributed by atoms with van der Waals surface area (Å²) in [5, 5.41) is 0. The van der Waals surface area contributed by atoms with Crippen molar-refractivity contribution < 1.29 is 0 Å². The van der Waals surface area contributed by atoms with E-state index < -0.39 is 0 Å². The van der Waals surface area contributed by atoms with Crippen molar-refractivity contribution in [2.75, 3.05) is 4.90 Å². The summed E-state index contributed by atoms with van der Waals surface area (Å²) in [4.78, 5) is 2.48. The van der Waals surface area contributed by atoms with E-state index in [2.05, 4.69) is 183 Å². The number of hydrogen-bond acceptors (Lipinski definition) is 1. The highest BCUT2D eigenvalue weighted by Crippen LogP contribution is 2.56. The highest BCUT2D eigenvalue weighted by molar-refractivity contribution is 5.90. The number of fused-ring (bicyclic) bond motifs is 4. The van der Waals surface area contributed by atoms with Gasteiger partial charge in [0, 0.05) is 22.9 Å². The fourth-order valence-electron chi connectivity index (χ4n) is 8.98. The van der Waals surface area contributed by atoms with Crippen LogP contribution in [0.15, 0.2) is 170 Å². The Morgan fingerprint density at radius 3 is 1.92 bits per heavy atom. The van der Waals surface area contributed by atoms with E-state index in [1.54, 1.807) is 5.56 Å². The van der Waals surface area contributed by atoms with E-state index in [0.29, 0.717) is 11.8 Å². The Hall–Kier alpha value is -5.40. The Bertz CT molecular complexity index is 2220. The van der Waals surface area contributed by atoms with Gasteiger partial charge in [-0.1, -0.05) is 153 Å². The predicted octanol–water partition coefficient (Wildman–Crippen LogP) is 12.7. The van der Waals surface area contributed by atoms with Crippen LogP contribution in [0, 0.1) is 5.92 Å². The zero-order chi connectivity index (χ0) is 33.7. The number of aryl methyl sites for hydroxylation is 1. The molecule has 0 saturated heterocycles. The predicted molar refractivity (Wildman–Crippen MR) is 211 cm³/mol. The van der Waals surface area contributed by atoms with E-state index in [4.69, 9.17) is 0 Å². The molecule has 9 rings (SSSR count). The van der Waals surface area contributed by atoms with Crippen molar-refractivity contribution in [1.29, 1.82) is 0 Å². The molecule has 0 bridgehead atoms. The van der Waals surface area contributed by atoms with Gasteiger partial charge in [-0.05, 0) is 111 Å². The van der Waals surface area contributed by atoms with Gasteiger partial charge in [-0.3, -0.25) is 0 Å². The molecule has 1 heteroatoms. The van der Waals surface area contributed by atoms with Gasteiger partial charge in [-0.25, -0.2) is 0 Å². The molecular formula is C49H43N. The molecule has 0 heterocycles. The Balaban J connectivity index is 1.19. The lowest BCUT2D eigenvalue weighted by molar-refractivity contribution is 0.393. The maximum atomic E-state index is 2.60. The maximum absolute atomic E-state index is 2.60. The number of benzene rings is 6. The van der Waals surface area contributed by atoms with Crippen LogP contribution in [0.3, 0.4) is 0 Å². The van der Waals surface area contributed by atoms with Gasteiger partial charge in [-0.2, -0.15) is 0 Å². The monoisotopic (exact) mass is 645 g/mol. The average Bonchev–Trinajstić information content (AvgIpc) is 3.41. The summed E-state index contributed by atoms with van der Waals surface area (Å²) in [6.07, 6.45) is 10.1. The van der Waals surface area contributed by atoms with Gasteiger partial charge in [0.1, 0.15) is 0 Å². The van der Waals surface area contributed by atoms with Gasteiger partial charge < -0.3 is 4.90 Å². The lowest BCUT2D eigenvalue weighted by atomic mass is 9.72. The molecule has 0 fully saturated rings. The van der Waals surface area contributed by atoms with Gasteiger partial charge in [0.05, 0.1) is 5.70 Å². The van der Waals surface area contributed by atoms with Crippen LogP contribution >= 0.6 is 0 Å². The van der Waals surface area contributed by atoms with Crippen molar-refractivity contribution >= 4 is 16.9 Å². The first-order chi connectivity index (χ1) is 24.6. The van der Waals surface area contributed by atoms with Crippen LogP contribution in [-0.4, -0.2) is 0 Å². The first-order valence-electron chi connectivity index (χ1n) is 18.3. The molecule has 2 unspecified atom stereocenters. The molecule has 6 aromatic rings. The Labute approximate surface area is 297 Å². The molecule has 50 heavy (non-hydrogen) atoms. The summed E-state index contributed by atoms with van der Waals surface area (Å²) < 4.78 is 0. The van der Waals surface area contributed by atoms with Crippen LogP contribution in [0.4, 0.5) is 11.4 Å². The summed E-state index contributed by atoms with van der Waals surface area (Å²) >= 11 is 0. The van der Waals surface area contributed by atoms with Crippen LogP contribution < -0.4 is 4.90 Å². The Kier molecular flexibility index (Phi) is 7.65. The van der Waals surface area contributed by atoms with Crippen LogP contribution in [0.1, 0.15) is 60.4 Å². The first-order valence-corrected chi connectivity index (χ1v) is 18.3. The largest absolute Gasteiger partial charge is 0.310 e. The number of hydrogen-bond donors (Lipinski definition) is 0. The SMILES string of the molecule is CC1(C)c2ccccc2C2C=C(c3ccc(-c4cccc5c4CCCC5)cc3)C(N(c3ccccc3)c3ccc(-c4ccccc4)cc3)=CC21. The molecule has 3 aliphatic carbocycles. The molecule has 0 amide bonds. The van der Waals surface area contributed by atoms with Crippen molar-refractivity contribution in [3.8, 4) is 22.3 Å². The number of rotatable bonds is 6. The standard InChI is InChI=1S/C49H43N/c1-49(2)46-23-12-11-21-43(46)45-32-44(38-26-24-37(25-27-38)42-22-13-17-36-16-9-10-20-41(36)42)48(33-47(45)49)50(39-18-7-4-8-19-39)40-30-28-35(29-31-40)34-14-5-3-6-15-34/h3-8,11-15,17-19,21-33,45,47H,9-10,16,20H2,1-2H3. The minimum Gasteiger partial charge on any atom is -0.310 e. The quantitative estimate of drug-likeness (QED) is 0.174. The molecular weight excluding hydrogens is 603 g/mol. The van der Waals surface area contributed by atoms with Crippen molar-refractivity contribution in [3.63, 3.8) is 0 Å². The van der Waals surface area contributed by atoms with Crippen molar-refractivity contribution in [2.24, 2.45) is 5.92 Å². The van der Waals surface area contributed by atoms with E-state index in [1.165, 1.54) is 81.5 Å². The van der Waals surface area contributed by atoms with Gasteiger partial charge in [0.25, 0.3) is 0 Å². The molecule has 0 saturated carbocycles. The van der Waals surface area contributed by atoms with Crippen LogP contribution in [0.25, 0.3) is 27.8 Å². The fraction of sp³-hybridized carbons (Fsp3) is 0.184. The third-order valence-electron chi connectivity index (χ3n) is 11.6. The number of allylic oxidation sites excluding steroid dienone is 3. The van der Waals surface area contributed by atoms with Crippen LogP contribution in [0.2, 0.25) is 0 Å². The van der Waals surface area contributed by atoms with E-state index in [9.17, 15) is 0 Å². The molecule has 0 N–H and O–H groups in total. The summed E-state index contributed by atoms with van der Waals surface area (Å²) in [6, 6.07) is 56.1. The van der Waals surface area contributed by atoms with Gasteiger partial charge in [0.15, 0.2) is 0 Å². The number of anilines is 2. The zero-order valence-electron chi connectivity index (χ0n) is 29.0. The van der Waals surface area contributed by atoms with Gasteiger partial charge >= 0.3 is 0 Å². The topological polar surface area (TPSA) is 3.24 Å². The summed E-state index contributed by atoms with van der Waals surface area (Å²) in [6.45, 7) is 4.86. The molecule has 0 aliphatic heterocycles. The smallest absolute Gasteiger partial charge is 0.0500 e. The fourth-order valence-corrected chi connectivity index (χ4v) is 8.98. The summed E-state index contributed by atoms with van der Waals surface area (Å²) in [5.74, 6) is 0.655. The second kappa shape index (κ2) is 12.5. The average molecular weight is 646 g/mol. The number of nitrogens with zero attached hydrogens (tertiary/aromatic N) is 1. The van der Waals surface area contributed by atoms with Gasteiger partial charge in [-0.15, -0.1) is 0 Å². The van der Waals surface area contributed by atoms with Crippen LogP contribution in [0.5, 0.6) is 0 Å². The normalized spacial score (nSPS) is 18.7. The molecule has 1 nitrogen and oxygen atoms in total. The minimum absolute atomic E-state index is 0.00429. The van der Waals surface area contributed by atoms with Gasteiger partial charge in [0.2, 0.25) is 0 Å². The van der Waals surface area contributed by atoms with E-state index in [0.717, 1.165) is 11.4 Å². The molecule has 6 aromatic carbocycles. The Morgan fingerprint density at radius 1 is 0.520 bits per heavy atom. The molecule has 2 atom stereocenters. The second-order valence-corrected chi connectivity index (χ2v) is 14.8. The van der Waals surface area contributed by atoms with E-state index in [1.807, 2.05) is 0 Å². The van der Waals surface area contributed by atoms with Crippen LogP contribution in [-0.2, 0) is 18.3 Å². The molecule has 244 valence electrons. The third-order valence-corrected chi connectivity index (χ3v) is 11.6. The van der Waals surface area contributed by atoms with E-state index >= 15 is 0 Å². The lowest BCUT2D eigenvalue weighted by Gasteiger charge is -2.37. The third kappa shape index (κ3) is 5.24. The second-order valence-electron chi connectivity index (χ2n) is 14.8. The zero-order valence-corrected chi connectivity index (χ0v) is 29.0. The van der Waals surface area contributed by atoms with Crippen molar-refractivity contribution in [3.05, 3.63) is 197 Å². The van der Waals surface area contributed by atoms with E-state index in [-0.39, 0.29) is 5.41 Å². The Morgan fingerprint density at radius 2 is 1.14 bits per heavy atom. The first kappa shape index (κ1) is 30.6. The number of para-hydroxylation sites is 1. The maximum Gasteiger partial charge on any atom is 0.0500 e. The highest BCUT2D eigenvalue weighted by atomic mass is 15.2. The molecule has 0 aromatic heterocycles. The van der Waals surface area contributed by atoms with Crippen molar-refractivity contribution in [2.45, 2.75) is 50.9 Å². The molecule has 3 aliphatic rings.